The second-order valence-electron chi connectivity index (χ2n) is 11.3. The highest BCUT2D eigenvalue weighted by molar-refractivity contribution is 6.00. The monoisotopic (exact) mass is 515 g/mol. The van der Waals surface area contributed by atoms with E-state index in [1.807, 2.05) is 17.9 Å². The number of likely N-dealkylation sites (tertiary alicyclic amines) is 1. The average molecular weight is 516 g/mol. The second kappa shape index (κ2) is 11.3. The van der Waals surface area contributed by atoms with Crippen molar-refractivity contribution in [1.82, 2.24) is 25.3 Å². The van der Waals surface area contributed by atoms with Crippen LogP contribution in [0, 0.1) is 31.6 Å². The molecule has 2 atom stereocenters. The Morgan fingerprint density at radius 1 is 1.08 bits per heavy atom. The highest BCUT2D eigenvalue weighted by Crippen LogP contribution is 2.40. The van der Waals surface area contributed by atoms with Crippen LogP contribution in [0.1, 0.15) is 86.8 Å². The van der Waals surface area contributed by atoms with E-state index in [0.29, 0.717) is 38.4 Å². The average Bonchev–Trinajstić information content (AvgIpc) is 3.27. The van der Waals surface area contributed by atoms with Crippen molar-refractivity contribution in [3.8, 4) is 11.8 Å². The summed E-state index contributed by atoms with van der Waals surface area (Å²) in [5.41, 5.74) is 3.61. The van der Waals surface area contributed by atoms with Crippen LogP contribution < -0.4 is 5.32 Å². The maximum Gasteiger partial charge on any atom is 0.246 e. The number of piperidine rings is 1. The standard InChI is InChI=1S/C31H41N5O2/c1-4-5-18-36-29(37)26(21-24-12-8-6-9-13-24)32-30(38)31(36)16-19-35(20-17-31)28(25-14-10-7-11-15-25)27-22(2)33-34-23(27)3/h7,10-11,14-15,24,26,28H,6,8-9,12-13,16-21H2,1-3H3,(H,32,38)(H,33,34). The summed E-state index contributed by atoms with van der Waals surface area (Å²) < 4.78 is 0. The molecule has 1 spiro atoms. The van der Waals surface area contributed by atoms with E-state index in [1.165, 1.54) is 30.4 Å². The van der Waals surface area contributed by atoms with Crippen molar-refractivity contribution in [2.24, 2.45) is 5.92 Å². The fourth-order valence-corrected chi connectivity index (χ4v) is 6.99. The zero-order valence-electron chi connectivity index (χ0n) is 23.1. The summed E-state index contributed by atoms with van der Waals surface area (Å²) in [6.45, 7) is 7.63. The summed E-state index contributed by atoms with van der Waals surface area (Å²) in [6, 6.07) is 10.1. The van der Waals surface area contributed by atoms with Gasteiger partial charge in [-0.1, -0.05) is 68.4 Å². The Kier molecular flexibility index (Phi) is 7.90. The first-order chi connectivity index (χ1) is 18.4. The number of nitrogens with zero attached hydrogens (tertiary/aromatic N) is 3. The van der Waals surface area contributed by atoms with Crippen LogP contribution >= 0.6 is 0 Å². The van der Waals surface area contributed by atoms with E-state index in [2.05, 4.69) is 63.4 Å². The zero-order valence-corrected chi connectivity index (χ0v) is 23.1. The van der Waals surface area contributed by atoms with Crippen LogP contribution in [-0.2, 0) is 9.59 Å². The van der Waals surface area contributed by atoms with Gasteiger partial charge in [0, 0.05) is 24.3 Å². The molecule has 2 unspecified atom stereocenters. The lowest BCUT2D eigenvalue weighted by Crippen LogP contribution is -2.73. The molecular weight excluding hydrogens is 474 g/mol. The summed E-state index contributed by atoms with van der Waals surface area (Å²) >= 11 is 0. The number of nitrogens with one attached hydrogen (secondary N) is 2. The smallest absolute Gasteiger partial charge is 0.246 e. The molecule has 0 bridgehead atoms. The van der Waals surface area contributed by atoms with E-state index in [9.17, 15) is 9.59 Å². The van der Waals surface area contributed by atoms with Gasteiger partial charge in [0.05, 0.1) is 18.3 Å². The first-order valence-corrected chi connectivity index (χ1v) is 14.3. The first kappa shape index (κ1) is 26.5. The molecule has 38 heavy (non-hydrogen) atoms. The van der Waals surface area contributed by atoms with Crippen molar-refractivity contribution in [3.63, 3.8) is 0 Å². The molecule has 202 valence electrons. The third-order valence-corrected chi connectivity index (χ3v) is 9.08. The quantitative estimate of drug-likeness (QED) is 0.563. The van der Waals surface area contributed by atoms with Gasteiger partial charge in [-0.3, -0.25) is 19.6 Å². The molecule has 2 amide bonds. The number of aromatic amines is 1. The molecule has 3 aliphatic rings. The highest BCUT2D eigenvalue weighted by Gasteiger charge is 2.54. The zero-order chi connectivity index (χ0) is 26.7. The molecule has 2 N–H and O–H groups in total. The lowest BCUT2D eigenvalue weighted by atomic mass is 9.78. The van der Waals surface area contributed by atoms with Gasteiger partial charge in [-0.05, 0) is 51.5 Å². The van der Waals surface area contributed by atoms with Crippen LogP contribution in [0.15, 0.2) is 30.3 Å². The third-order valence-electron chi connectivity index (χ3n) is 9.08. The highest BCUT2D eigenvalue weighted by atomic mass is 16.2. The van der Waals surface area contributed by atoms with Crippen molar-refractivity contribution in [2.75, 3.05) is 19.6 Å². The second-order valence-corrected chi connectivity index (χ2v) is 11.3. The molecule has 7 heteroatoms. The largest absolute Gasteiger partial charge is 0.342 e. The summed E-state index contributed by atoms with van der Waals surface area (Å²) in [6.07, 6.45) is 7.96. The number of H-pyrrole nitrogens is 1. The van der Waals surface area contributed by atoms with Gasteiger partial charge in [0.15, 0.2) is 0 Å². The molecule has 5 rings (SSSR count). The topological polar surface area (TPSA) is 81.3 Å². The molecule has 3 fully saturated rings. The molecule has 0 radical (unpaired) electrons. The van der Waals surface area contributed by atoms with Crippen LogP contribution in [-0.4, -0.2) is 63.0 Å². The molecule has 2 saturated heterocycles. The van der Waals surface area contributed by atoms with Gasteiger partial charge in [-0.15, -0.1) is 5.92 Å². The molecule has 2 aromatic rings. The lowest BCUT2D eigenvalue weighted by Gasteiger charge is -2.52. The fourth-order valence-electron chi connectivity index (χ4n) is 6.99. The molecular formula is C31H41N5O2. The van der Waals surface area contributed by atoms with Crippen LogP contribution in [0.3, 0.4) is 0 Å². The van der Waals surface area contributed by atoms with E-state index in [1.54, 1.807) is 6.92 Å². The Morgan fingerprint density at radius 3 is 2.42 bits per heavy atom. The van der Waals surface area contributed by atoms with Gasteiger partial charge in [-0.25, -0.2) is 0 Å². The van der Waals surface area contributed by atoms with Crippen molar-refractivity contribution in [1.29, 1.82) is 0 Å². The fraction of sp³-hybridized carbons (Fsp3) is 0.581. The van der Waals surface area contributed by atoms with Crippen molar-refractivity contribution < 1.29 is 9.59 Å². The Balaban J connectivity index is 1.39. The maximum absolute atomic E-state index is 13.9. The number of carbonyl (C=O) groups is 2. The first-order valence-electron chi connectivity index (χ1n) is 14.3. The number of piperazine rings is 1. The number of carbonyl (C=O) groups excluding carboxylic acids is 2. The molecule has 2 aliphatic heterocycles. The Labute approximate surface area is 226 Å². The molecule has 1 aromatic carbocycles. The van der Waals surface area contributed by atoms with Crippen LogP contribution in [0.25, 0.3) is 0 Å². The summed E-state index contributed by atoms with van der Waals surface area (Å²) in [4.78, 5) is 32.0. The molecule has 1 saturated carbocycles. The SMILES string of the molecule is CC#CCN1C(=O)C(CC2CCCCC2)NC(=O)C12CCN(C(c1ccccc1)c1c(C)n[nH]c1C)CC2. The van der Waals surface area contributed by atoms with E-state index in [-0.39, 0.29) is 17.9 Å². The molecule has 3 heterocycles. The van der Waals surface area contributed by atoms with Crippen LogP contribution in [0.2, 0.25) is 0 Å². The van der Waals surface area contributed by atoms with Gasteiger partial charge in [0.1, 0.15) is 11.6 Å². The number of benzene rings is 1. The number of aromatic nitrogens is 2. The third kappa shape index (κ3) is 4.99. The summed E-state index contributed by atoms with van der Waals surface area (Å²) in [5.74, 6) is 6.63. The van der Waals surface area contributed by atoms with Gasteiger partial charge in [-0.2, -0.15) is 5.10 Å². The predicted octanol–water partition coefficient (Wildman–Crippen LogP) is 4.27. The van der Waals surface area contributed by atoms with Gasteiger partial charge in [0.25, 0.3) is 0 Å². The van der Waals surface area contributed by atoms with E-state index < -0.39 is 11.6 Å². The van der Waals surface area contributed by atoms with Gasteiger partial charge >= 0.3 is 0 Å². The summed E-state index contributed by atoms with van der Waals surface area (Å²) in [7, 11) is 0. The lowest BCUT2D eigenvalue weighted by molar-refractivity contribution is -0.161. The van der Waals surface area contributed by atoms with Crippen molar-refractivity contribution >= 4 is 11.8 Å². The number of amides is 2. The molecule has 7 nitrogen and oxygen atoms in total. The van der Waals surface area contributed by atoms with Crippen LogP contribution in [0.5, 0.6) is 0 Å². The minimum atomic E-state index is -0.845. The minimum absolute atomic E-state index is 0.00222. The van der Waals surface area contributed by atoms with E-state index in [0.717, 1.165) is 30.7 Å². The van der Waals surface area contributed by atoms with Gasteiger partial charge < -0.3 is 10.2 Å². The molecule has 1 aliphatic carbocycles. The Hall–Kier alpha value is -3.11. The number of aryl methyl sites for hydroxylation is 2. The molecule has 1 aromatic heterocycles. The Bertz CT molecular complexity index is 1180. The number of hydrogen-bond acceptors (Lipinski definition) is 4. The van der Waals surface area contributed by atoms with Crippen molar-refractivity contribution in [3.05, 3.63) is 52.8 Å². The number of rotatable bonds is 6. The maximum atomic E-state index is 13.9. The minimum Gasteiger partial charge on any atom is -0.342 e. The van der Waals surface area contributed by atoms with Gasteiger partial charge in [0.2, 0.25) is 11.8 Å². The van der Waals surface area contributed by atoms with Crippen molar-refractivity contribution in [2.45, 2.75) is 89.8 Å². The normalized spacial score (nSPS) is 23.1. The number of hydrogen-bond donors (Lipinski definition) is 2. The predicted molar refractivity (Wildman–Crippen MR) is 148 cm³/mol. The summed E-state index contributed by atoms with van der Waals surface area (Å²) in [5, 5.41) is 10.8. The van der Waals surface area contributed by atoms with E-state index in [4.69, 9.17) is 0 Å². The van der Waals surface area contributed by atoms with E-state index >= 15 is 0 Å². The van der Waals surface area contributed by atoms with Crippen LogP contribution in [0.4, 0.5) is 0 Å². The Morgan fingerprint density at radius 2 is 1.79 bits per heavy atom.